The number of fused-ring (bicyclic) bond motifs is 1. The molecule has 6 heteroatoms. The first kappa shape index (κ1) is 13.5. The number of nitrogens with zero attached hydrogens (tertiary/aromatic N) is 3. The molecule has 2 atom stereocenters. The van der Waals surface area contributed by atoms with Crippen LogP contribution in [0.15, 0.2) is 5.10 Å². The second-order valence-corrected chi connectivity index (χ2v) is 5.93. The Balaban J connectivity index is 1.62. The second kappa shape index (κ2) is 5.52. The number of piperidine rings is 1. The van der Waals surface area contributed by atoms with E-state index >= 15 is 0 Å². The van der Waals surface area contributed by atoms with Crippen LogP contribution in [-0.4, -0.2) is 59.7 Å². The van der Waals surface area contributed by atoms with Gasteiger partial charge in [0.25, 0.3) is 5.91 Å². The van der Waals surface area contributed by atoms with Crippen molar-refractivity contribution in [2.45, 2.75) is 50.6 Å². The van der Waals surface area contributed by atoms with Gasteiger partial charge in [-0.25, -0.2) is 5.01 Å². The Labute approximate surface area is 119 Å². The van der Waals surface area contributed by atoms with Gasteiger partial charge < -0.3 is 5.32 Å². The summed E-state index contributed by atoms with van der Waals surface area (Å²) in [5.41, 5.74) is 0.487. The van der Waals surface area contributed by atoms with Crippen molar-refractivity contribution in [3.63, 3.8) is 0 Å². The smallest absolute Gasteiger partial charge is 0.267 e. The van der Waals surface area contributed by atoms with Crippen LogP contribution in [0, 0.1) is 0 Å². The molecule has 0 aromatic heterocycles. The molecule has 6 nitrogen and oxygen atoms in total. The van der Waals surface area contributed by atoms with Crippen molar-refractivity contribution in [2.75, 3.05) is 20.1 Å². The van der Waals surface area contributed by atoms with Crippen LogP contribution in [0.5, 0.6) is 0 Å². The average molecular weight is 278 g/mol. The predicted octanol–water partition coefficient (Wildman–Crippen LogP) is 0.338. The van der Waals surface area contributed by atoms with Crippen molar-refractivity contribution in [2.24, 2.45) is 5.10 Å². The molecule has 2 fully saturated rings. The topological polar surface area (TPSA) is 65.0 Å². The van der Waals surface area contributed by atoms with E-state index in [-0.39, 0.29) is 17.9 Å². The number of nitrogens with one attached hydrogen (secondary N) is 1. The molecule has 2 saturated heterocycles. The van der Waals surface area contributed by atoms with Crippen molar-refractivity contribution in [3.8, 4) is 0 Å². The van der Waals surface area contributed by atoms with Gasteiger partial charge in [-0.1, -0.05) is 6.42 Å². The van der Waals surface area contributed by atoms with Crippen molar-refractivity contribution in [3.05, 3.63) is 0 Å². The molecule has 0 aromatic carbocycles. The normalized spacial score (nSPS) is 30.9. The number of carbonyl (C=O) groups excluding carboxylic acids is 2. The van der Waals surface area contributed by atoms with Crippen LogP contribution in [0.25, 0.3) is 0 Å². The van der Waals surface area contributed by atoms with Gasteiger partial charge in [0.15, 0.2) is 0 Å². The quantitative estimate of drug-likeness (QED) is 0.792. The molecule has 0 unspecified atom stereocenters. The van der Waals surface area contributed by atoms with Gasteiger partial charge in [-0.05, 0) is 25.8 Å². The van der Waals surface area contributed by atoms with Crippen LogP contribution >= 0.6 is 0 Å². The van der Waals surface area contributed by atoms with Gasteiger partial charge in [0, 0.05) is 38.5 Å². The van der Waals surface area contributed by atoms with Crippen molar-refractivity contribution in [1.82, 2.24) is 15.2 Å². The zero-order valence-corrected chi connectivity index (χ0v) is 12.0. The third-order valence-electron chi connectivity index (χ3n) is 4.64. The Hall–Kier alpha value is -1.43. The second-order valence-electron chi connectivity index (χ2n) is 5.93. The summed E-state index contributed by atoms with van der Waals surface area (Å²) in [6.07, 6.45) is 5.57. The van der Waals surface area contributed by atoms with Crippen LogP contribution in [0.1, 0.15) is 38.5 Å². The molecular weight excluding hydrogens is 256 g/mol. The lowest BCUT2D eigenvalue weighted by Crippen LogP contribution is -2.49. The van der Waals surface area contributed by atoms with Crippen LogP contribution in [0.3, 0.4) is 0 Å². The Kier molecular flexibility index (Phi) is 3.74. The fraction of sp³-hybridized carbons (Fsp3) is 0.786. The Bertz CT molecular complexity index is 448. The number of rotatable bonds is 2. The standard InChI is InChI=1S/C14H22N4O2/c1-17-13(19)6-5-11(16-17)14(20)15-10-7-9-18-8-3-2-4-12(10)18/h10,12H,2-9H2,1H3,(H,15,20)/t10-,12-/m1/s1. The minimum Gasteiger partial charge on any atom is -0.347 e. The van der Waals surface area contributed by atoms with Crippen LogP contribution in [-0.2, 0) is 9.59 Å². The van der Waals surface area contributed by atoms with Crippen molar-refractivity contribution < 1.29 is 9.59 Å². The molecule has 0 radical (unpaired) electrons. The maximum absolute atomic E-state index is 12.3. The van der Waals surface area contributed by atoms with E-state index in [2.05, 4.69) is 15.3 Å². The predicted molar refractivity (Wildman–Crippen MR) is 75.2 cm³/mol. The van der Waals surface area contributed by atoms with Crippen molar-refractivity contribution in [1.29, 1.82) is 0 Å². The lowest BCUT2D eigenvalue weighted by molar-refractivity contribution is -0.130. The highest BCUT2D eigenvalue weighted by molar-refractivity contribution is 6.39. The first-order chi connectivity index (χ1) is 9.65. The van der Waals surface area contributed by atoms with Crippen molar-refractivity contribution >= 4 is 17.5 Å². The van der Waals surface area contributed by atoms with Gasteiger partial charge in [-0.15, -0.1) is 0 Å². The third kappa shape index (κ3) is 2.57. The van der Waals surface area contributed by atoms with E-state index in [9.17, 15) is 9.59 Å². The highest BCUT2D eigenvalue weighted by atomic mass is 16.2. The van der Waals surface area contributed by atoms with Crippen LogP contribution in [0.4, 0.5) is 0 Å². The molecule has 3 rings (SSSR count). The minimum atomic E-state index is -0.0956. The fourth-order valence-corrected chi connectivity index (χ4v) is 3.50. The summed E-state index contributed by atoms with van der Waals surface area (Å²) in [6, 6.07) is 0.740. The molecule has 0 saturated carbocycles. The molecule has 1 N–H and O–H groups in total. The molecular formula is C14H22N4O2. The largest absolute Gasteiger partial charge is 0.347 e. The summed E-state index contributed by atoms with van der Waals surface area (Å²) in [6.45, 7) is 2.25. The Morgan fingerprint density at radius 1 is 1.25 bits per heavy atom. The Morgan fingerprint density at radius 3 is 2.90 bits per heavy atom. The van der Waals surface area contributed by atoms with E-state index in [1.807, 2.05) is 0 Å². The number of carbonyl (C=O) groups is 2. The molecule has 3 aliphatic rings. The van der Waals surface area contributed by atoms with Crippen LogP contribution in [0.2, 0.25) is 0 Å². The Morgan fingerprint density at radius 2 is 2.10 bits per heavy atom. The molecule has 110 valence electrons. The summed E-state index contributed by atoms with van der Waals surface area (Å²) in [7, 11) is 1.60. The van der Waals surface area contributed by atoms with Gasteiger partial charge in [0.2, 0.25) is 5.91 Å². The lowest BCUT2D eigenvalue weighted by Gasteiger charge is -2.32. The molecule has 3 heterocycles. The first-order valence-electron chi connectivity index (χ1n) is 7.54. The van der Waals surface area contributed by atoms with E-state index in [0.29, 0.717) is 24.6 Å². The maximum atomic E-state index is 12.3. The summed E-state index contributed by atoms with van der Waals surface area (Å²) < 4.78 is 0. The molecule has 0 aromatic rings. The number of hydrazone groups is 1. The first-order valence-corrected chi connectivity index (χ1v) is 7.54. The van der Waals surface area contributed by atoms with Gasteiger partial charge >= 0.3 is 0 Å². The van der Waals surface area contributed by atoms with Gasteiger partial charge in [-0.2, -0.15) is 5.10 Å². The maximum Gasteiger partial charge on any atom is 0.267 e. The highest BCUT2D eigenvalue weighted by Crippen LogP contribution is 2.27. The summed E-state index contributed by atoms with van der Waals surface area (Å²) in [4.78, 5) is 26.2. The summed E-state index contributed by atoms with van der Waals surface area (Å²) >= 11 is 0. The molecule has 2 amide bonds. The zero-order chi connectivity index (χ0) is 14.1. The molecule has 0 spiro atoms. The lowest BCUT2D eigenvalue weighted by atomic mass is 9.98. The minimum absolute atomic E-state index is 0.0270. The number of hydrogen-bond donors (Lipinski definition) is 1. The SMILES string of the molecule is CN1N=C(C(=O)N[C@@H]2CCN3CCCC[C@H]23)CCC1=O. The van der Waals surface area contributed by atoms with Crippen LogP contribution < -0.4 is 5.32 Å². The van der Waals surface area contributed by atoms with Gasteiger partial charge in [0.1, 0.15) is 5.71 Å². The molecule has 20 heavy (non-hydrogen) atoms. The van der Waals surface area contributed by atoms with E-state index in [0.717, 1.165) is 19.5 Å². The van der Waals surface area contributed by atoms with E-state index in [1.165, 1.54) is 24.3 Å². The zero-order valence-electron chi connectivity index (χ0n) is 12.0. The summed E-state index contributed by atoms with van der Waals surface area (Å²) in [5, 5.41) is 8.50. The monoisotopic (exact) mass is 278 g/mol. The fourth-order valence-electron chi connectivity index (χ4n) is 3.50. The third-order valence-corrected chi connectivity index (χ3v) is 4.64. The summed E-state index contributed by atoms with van der Waals surface area (Å²) in [5.74, 6) is -0.123. The van der Waals surface area contributed by atoms with Gasteiger partial charge in [0.05, 0.1) is 0 Å². The van der Waals surface area contributed by atoms with E-state index in [1.54, 1.807) is 7.05 Å². The number of hydrogen-bond acceptors (Lipinski definition) is 4. The molecule has 0 aliphatic carbocycles. The molecule has 3 aliphatic heterocycles. The van der Waals surface area contributed by atoms with E-state index in [4.69, 9.17) is 0 Å². The highest BCUT2D eigenvalue weighted by Gasteiger charge is 2.37. The van der Waals surface area contributed by atoms with E-state index < -0.39 is 0 Å². The van der Waals surface area contributed by atoms with Gasteiger partial charge in [-0.3, -0.25) is 14.5 Å². The average Bonchev–Trinajstić information content (AvgIpc) is 2.85. The number of amides is 2. The molecule has 0 bridgehead atoms.